The van der Waals surface area contributed by atoms with Gasteiger partial charge in [0, 0.05) is 18.2 Å². The Morgan fingerprint density at radius 1 is 1.43 bits per heavy atom. The zero-order valence-electron chi connectivity index (χ0n) is 12.6. The average Bonchev–Trinajstić information content (AvgIpc) is 2.48. The minimum Gasteiger partial charge on any atom is -0.497 e. The van der Waals surface area contributed by atoms with Crippen molar-refractivity contribution in [2.75, 3.05) is 20.3 Å². The number of rotatable bonds is 8. The summed E-state index contributed by atoms with van der Waals surface area (Å²) in [6.45, 7) is 4.57. The highest BCUT2D eigenvalue weighted by molar-refractivity contribution is 5.77. The van der Waals surface area contributed by atoms with Crippen LogP contribution in [0, 0.1) is 11.3 Å². The molecule has 0 aliphatic carbocycles. The molecule has 1 aromatic carbocycles. The van der Waals surface area contributed by atoms with E-state index in [2.05, 4.69) is 24.5 Å². The van der Waals surface area contributed by atoms with Gasteiger partial charge in [0.25, 0.3) is 5.91 Å². The van der Waals surface area contributed by atoms with Gasteiger partial charge in [0.2, 0.25) is 0 Å². The standard InChI is InChI=1S/C15H21N3O3/c1-11(2)18-9-12-8-13(20-3)4-5-14(12)21-10-15(19)17-7-6-16/h4-5,8,11,18H,7,9-10H2,1-3H3,(H,17,19). The van der Waals surface area contributed by atoms with Gasteiger partial charge >= 0.3 is 0 Å². The lowest BCUT2D eigenvalue weighted by Gasteiger charge is -2.14. The zero-order chi connectivity index (χ0) is 15.7. The normalized spacial score (nSPS) is 10.0. The number of hydrogen-bond acceptors (Lipinski definition) is 5. The molecule has 6 nitrogen and oxygen atoms in total. The summed E-state index contributed by atoms with van der Waals surface area (Å²) in [6.07, 6.45) is 0. The lowest BCUT2D eigenvalue weighted by molar-refractivity contribution is -0.122. The molecule has 114 valence electrons. The first-order valence-electron chi connectivity index (χ1n) is 6.73. The predicted octanol–water partition coefficient (Wildman–Crippen LogP) is 1.21. The van der Waals surface area contributed by atoms with Crippen LogP contribution < -0.4 is 20.1 Å². The highest BCUT2D eigenvalue weighted by Crippen LogP contribution is 2.24. The molecule has 0 unspecified atom stereocenters. The molecule has 0 aromatic heterocycles. The average molecular weight is 291 g/mol. The van der Waals surface area contributed by atoms with Crippen LogP contribution in [0.2, 0.25) is 0 Å². The first kappa shape index (κ1) is 16.8. The Bertz CT molecular complexity index is 509. The number of amides is 1. The highest BCUT2D eigenvalue weighted by Gasteiger charge is 2.09. The van der Waals surface area contributed by atoms with Gasteiger partial charge in [-0.3, -0.25) is 4.79 Å². The Balaban J connectivity index is 2.70. The minimum absolute atomic E-state index is 0.0213. The van der Waals surface area contributed by atoms with Crippen LogP contribution in [-0.2, 0) is 11.3 Å². The molecule has 21 heavy (non-hydrogen) atoms. The molecule has 0 spiro atoms. The zero-order valence-corrected chi connectivity index (χ0v) is 12.6. The van der Waals surface area contributed by atoms with Gasteiger partial charge in [-0.25, -0.2) is 0 Å². The first-order chi connectivity index (χ1) is 10.1. The molecule has 0 bridgehead atoms. The topological polar surface area (TPSA) is 83.4 Å². The van der Waals surface area contributed by atoms with Crippen LogP contribution in [0.3, 0.4) is 0 Å². The molecule has 1 amide bonds. The third kappa shape index (κ3) is 6.15. The summed E-state index contributed by atoms with van der Waals surface area (Å²) in [4.78, 5) is 11.4. The number of hydrogen-bond donors (Lipinski definition) is 2. The van der Waals surface area contributed by atoms with Crippen molar-refractivity contribution in [3.8, 4) is 17.6 Å². The van der Waals surface area contributed by atoms with Crippen LogP contribution in [0.4, 0.5) is 0 Å². The Hall–Kier alpha value is -2.26. The molecule has 6 heteroatoms. The van der Waals surface area contributed by atoms with Gasteiger partial charge in [0.1, 0.15) is 18.0 Å². The maximum atomic E-state index is 11.4. The number of carbonyl (C=O) groups is 1. The van der Waals surface area contributed by atoms with Crippen molar-refractivity contribution in [2.45, 2.75) is 26.4 Å². The SMILES string of the molecule is COc1ccc(OCC(=O)NCC#N)c(CNC(C)C)c1. The smallest absolute Gasteiger partial charge is 0.258 e. The predicted molar refractivity (Wildman–Crippen MR) is 79.1 cm³/mol. The monoisotopic (exact) mass is 291 g/mol. The van der Waals surface area contributed by atoms with Crippen molar-refractivity contribution >= 4 is 5.91 Å². The van der Waals surface area contributed by atoms with E-state index in [-0.39, 0.29) is 19.1 Å². The summed E-state index contributed by atoms with van der Waals surface area (Å²) in [5.74, 6) is 1.03. The lowest BCUT2D eigenvalue weighted by Crippen LogP contribution is -2.29. The highest BCUT2D eigenvalue weighted by atomic mass is 16.5. The summed E-state index contributed by atoms with van der Waals surface area (Å²) in [7, 11) is 1.60. The number of nitrogens with zero attached hydrogens (tertiary/aromatic N) is 1. The Labute approximate surface area is 125 Å². The van der Waals surface area contributed by atoms with Crippen LogP contribution in [-0.4, -0.2) is 32.2 Å². The van der Waals surface area contributed by atoms with Gasteiger partial charge in [-0.05, 0) is 18.2 Å². The molecule has 0 fully saturated rings. The molecule has 0 saturated heterocycles. The van der Waals surface area contributed by atoms with Gasteiger partial charge in [-0.1, -0.05) is 13.8 Å². The Kier molecular flexibility index (Phi) is 7.05. The molecule has 0 heterocycles. The van der Waals surface area contributed by atoms with Crippen LogP contribution in [0.5, 0.6) is 11.5 Å². The molecule has 0 radical (unpaired) electrons. The van der Waals surface area contributed by atoms with E-state index in [4.69, 9.17) is 14.7 Å². The third-order valence-electron chi connectivity index (χ3n) is 2.69. The molecule has 0 aliphatic heterocycles. The Morgan fingerprint density at radius 3 is 2.81 bits per heavy atom. The van der Waals surface area contributed by atoms with Crippen LogP contribution in [0.1, 0.15) is 19.4 Å². The number of nitrogens with one attached hydrogen (secondary N) is 2. The summed E-state index contributed by atoms with van der Waals surface area (Å²) in [5.41, 5.74) is 0.913. The van der Waals surface area contributed by atoms with Gasteiger partial charge in [0.05, 0.1) is 13.2 Å². The largest absolute Gasteiger partial charge is 0.497 e. The van der Waals surface area contributed by atoms with E-state index >= 15 is 0 Å². The fourth-order valence-electron chi connectivity index (χ4n) is 1.61. The second-order valence-corrected chi connectivity index (χ2v) is 4.73. The van der Waals surface area contributed by atoms with E-state index < -0.39 is 0 Å². The summed E-state index contributed by atoms with van der Waals surface area (Å²) >= 11 is 0. The van der Waals surface area contributed by atoms with E-state index in [1.165, 1.54) is 0 Å². The molecular weight excluding hydrogens is 270 g/mol. The van der Waals surface area contributed by atoms with Crippen molar-refractivity contribution in [1.82, 2.24) is 10.6 Å². The quantitative estimate of drug-likeness (QED) is 0.703. The molecule has 0 saturated carbocycles. The van der Waals surface area contributed by atoms with Crippen LogP contribution in [0.15, 0.2) is 18.2 Å². The van der Waals surface area contributed by atoms with Gasteiger partial charge in [-0.2, -0.15) is 5.26 Å². The Morgan fingerprint density at radius 2 is 2.19 bits per heavy atom. The summed E-state index contributed by atoms with van der Waals surface area (Å²) in [6, 6.07) is 7.60. The molecular formula is C15H21N3O3. The fourth-order valence-corrected chi connectivity index (χ4v) is 1.61. The molecule has 2 N–H and O–H groups in total. The van der Waals surface area contributed by atoms with Crippen molar-refractivity contribution in [2.24, 2.45) is 0 Å². The second kappa shape index (κ2) is 8.82. The van der Waals surface area contributed by atoms with E-state index in [0.29, 0.717) is 18.3 Å². The van der Waals surface area contributed by atoms with Gasteiger partial charge in [-0.15, -0.1) is 0 Å². The molecule has 0 aliphatic rings. The maximum absolute atomic E-state index is 11.4. The number of carbonyl (C=O) groups excluding carboxylic acids is 1. The van der Waals surface area contributed by atoms with Crippen molar-refractivity contribution < 1.29 is 14.3 Å². The summed E-state index contributed by atoms with van der Waals surface area (Å²) < 4.78 is 10.7. The number of ether oxygens (including phenoxy) is 2. The molecule has 0 atom stereocenters. The fraction of sp³-hybridized carbons (Fsp3) is 0.467. The first-order valence-corrected chi connectivity index (χ1v) is 6.73. The maximum Gasteiger partial charge on any atom is 0.258 e. The van der Waals surface area contributed by atoms with Gasteiger partial charge in [0.15, 0.2) is 6.61 Å². The number of nitriles is 1. The summed E-state index contributed by atoms with van der Waals surface area (Å²) in [5, 5.41) is 14.1. The van der Waals surface area contributed by atoms with E-state index in [0.717, 1.165) is 11.3 Å². The van der Waals surface area contributed by atoms with Crippen molar-refractivity contribution in [3.63, 3.8) is 0 Å². The van der Waals surface area contributed by atoms with E-state index in [1.807, 2.05) is 12.1 Å². The van der Waals surface area contributed by atoms with Crippen molar-refractivity contribution in [1.29, 1.82) is 5.26 Å². The van der Waals surface area contributed by atoms with Crippen LogP contribution in [0.25, 0.3) is 0 Å². The number of methoxy groups -OCH3 is 1. The van der Waals surface area contributed by atoms with E-state index in [1.54, 1.807) is 19.2 Å². The second-order valence-electron chi connectivity index (χ2n) is 4.73. The van der Waals surface area contributed by atoms with E-state index in [9.17, 15) is 4.79 Å². The van der Waals surface area contributed by atoms with Gasteiger partial charge < -0.3 is 20.1 Å². The number of benzene rings is 1. The molecule has 1 aromatic rings. The van der Waals surface area contributed by atoms with Crippen molar-refractivity contribution in [3.05, 3.63) is 23.8 Å². The lowest BCUT2D eigenvalue weighted by atomic mass is 10.1. The minimum atomic E-state index is -0.324. The van der Waals surface area contributed by atoms with Crippen LogP contribution >= 0.6 is 0 Å². The molecule has 1 rings (SSSR count). The third-order valence-corrected chi connectivity index (χ3v) is 2.69.